The van der Waals surface area contributed by atoms with E-state index in [1.807, 2.05) is 10.7 Å². The second-order valence-corrected chi connectivity index (χ2v) is 6.38. The number of aromatic nitrogens is 2. The van der Waals surface area contributed by atoms with Gasteiger partial charge in [0.25, 0.3) is 0 Å². The molecule has 0 spiro atoms. The zero-order chi connectivity index (χ0) is 14.2. The molecule has 0 N–H and O–H groups in total. The lowest BCUT2D eigenvalue weighted by Gasteiger charge is -2.29. The molecule has 0 aliphatic carbocycles. The lowest BCUT2D eigenvalue weighted by molar-refractivity contribution is -0.0763. The Morgan fingerprint density at radius 2 is 2.20 bits per heavy atom. The van der Waals surface area contributed by atoms with Gasteiger partial charge in [-0.1, -0.05) is 19.9 Å². The van der Waals surface area contributed by atoms with Crippen LogP contribution in [0.25, 0.3) is 5.52 Å². The molecule has 20 heavy (non-hydrogen) atoms. The second kappa shape index (κ2) is 5.19. The average molecular weight is 274 g/mol. The molecular formula is C16H22N2O2. The van der Waals surface area contributed by atoms with Crippen LogP contribution in [0.3, 0.4) is 0 Å². The van der Waals surface area contributed by atoms with Gasteiger partial charge >= 0.3 is 0 Å². The third-order valence-electron chi connectivity index (χ3n) is 4.01. The lowest BCUT2D eigenvalue weighted by Crippen LogP contribution is -2.34. The molecule has 0 amide bonds. The molecule has 108 valence electrons. The van der Waals surface area contributed by atoms with E-state index in [0.29, 0.717) is 5.92 Å². The Labute approximate surface area is 119 Å². The van der Waals surface area contributed by atoms with Gasteiger partial charge in [-0.3, -0.25) is 0 Å². The molecule has 1 aliphatic rings. The largest absolute Gasteiger partial charge is 0.381 e. The number of fused-ring (bicyclic) bond motifs is 1. The van der Waals surface area contributed by atoms with Crippen LogP contribution in [0.2, 0.25) is 0 Å². The predicted molar refractivity (Wildman–Crippen MR) is 78.1 cm³/mol. The van der Waals surface area contributed by atoms with Crippen molar-refractivity contribution in [2.24, 2.45) is 5.92 Å². The van der Waals surface area contributed by atoms with Crippen molar-refractivity contribution in [1.82, 2.24) is 9.61 Å². The van der Waals surface area contributed by atoms with Gasteiger partial charge in [0.05, 0.1) is 38.1 Å². The molecule has 0 unspecified atom stereocenters. The number of rotatable bonds is 5. The molecule has 0 saturated carbocycles. The van der Waals surface area contributed by atoms with Crippen LogP contribution in [0, 0.1) is 12.8 Å². The van der Waals surface area contributed by atoms with Gasteiger partial charge in [-0.25, -0.2) is 4.52 Å². The molecule has 0 bridgehead atoms. The van der Waals surface area contributed by atoms with Crippen molar-refractivity contribution in [1.29, 1.82) is 0 Å². The molecule has 4 heteroatoms. The molecule has 2 aromatic heterocycles. The molecular weight excluding hydrogens is 252 g/mol. The normalized spacial score (nSPS) is 16.6. The van der Waals surface area contributed by atoms with Gasteiger partial charge in [-0.2, -0.15) is 5.10 Å². The Bertz CT molecular complexity index is 600. The Balaban J connectivity index is 1.70. The van der Waals surface area contributed by atoms with Crippen LogP contribution in [0.4, 0.5) is 0 Å². The fourth-order valence-electron chi connectivity index (χ4n) is 2.46. The average Bonchev–Trinajstić information content (AvgIpc) is 2.74. The monoisotopic (exact) mass is 274 g/mol. The first-order valence-electron chi connectivity index (χ1n) is 7.16. The van der Waals surface area contributed by atoms with E-state index in [0.717, 1.165) is 31.9 Å². The van der Waals surface area contributed by atoms with Gasteiger partial charge in [0.2, 0.25) is 0 Å². The molecule has 0 atom stereocenters. The fourth-order valence-corrected chi connectivity index (χ4v) is 2.46. The smallest absolute Gasteiger partial charge is 0.0690 e. The van der Waals surface area contributed by atoms with Crippen molar-refractivity contribution < 1.29 is 9.47 Å². The first kappa shape index (κ1) is 13.6. The molecule has 1 fully saturated rings. The highest BCUT2D eigenvalue weighted by atomic mass is 16.5. The fraction of sp³-hybridized carbons (Fsp3) is 0.562. The summed E-state index contributed by atoms with van der Waals surface area (Å²) >= 11 is 0. The highest BCUT2D eigenvalue weighted by Crippen LogP contribution is 2.25. The van der Waals surface area contributed by atoms with E-state index in [1.165, 1.54) is 11.1 Å². The van der Waals surface area contributed by atoms with Gasteiger partial charge in [0.1, 0.15) is 0 Å². The summed E-state index contributed by atoms with van der Waals surface area (Å²) in [5.41, 5.74) is 3.60. The lowest BCUT2D eigenvalue weighted by atomic mass is 9.86. The Kier molecular flexibility index (Phi) is 3.52. The summed E-state index contributed by atoms with van der Waals surface area (Å²) in [5.74, 6) is 0.585. The maximum Gasteiger partial charge on any atom is 0.0690 e. The van der Waals surface area contributed by atoms with Crippen molar-refractivity contribution in [3.63, 3.8) is 0 Å². The molecule has 3 rings (SSSR count). The van der Waals surface area contributed by atoms with Crippen LogP contribution in [0.1, 0.15) is 25.0 Å². The quantitative estimate of drug-likeness (QED) is 0.840. The van der Waals surface area contributed by atoms with Gasteiger partial charge in [-0.05, 0) is 24.1 Å². The number of pyridine rings is 1. The van der Waals surface area contributed by atoms with Crippen LogP contribution in [-0.2, 0) is 14.9 Å². The zero-order valence-corrected chi connectivity index (χ0v) is 12.4. The third kappa shape index (κ3) is 2.58. The predicted octanol–water partition coefficient (Wildman–Crippen LogP) is 2.58. The molecule has 0 radical (unpaired) electrons. The highest BCUT2D eigenvalue weighted by molar-refractivity contribution is 5.53. The van der Waals surface area contributed by atoms with Crippen LogP contribution in [0.15, 0.2) is 24.5 Å². The Hall–Kier alpha value is -1.39. The van der Waals surface area contributed by atoms with E-state index >= 15 is 0 Å². The summed E-state index contributed by atoms with van der Waals surface area (Å²) in [6.07, 6.45) is 4.01. The molecule has 4 nitrogen and oxygen atoms in total. The maximum absolute atomic E-state index is 5.86. The molecule has 0 aromatic carbocycles. The molecule has 2 aromatic rings. The summed E-state index contributed by atoms with van der Waals surface area (Å²) in [7, 11) is 0. The third-order valence-corrected chi connectivity index (χ3v) is 4.01. The molecule has 1 saturated heterocycles. The first-order valence-corrected chi connectivity index (χ1v) is 7.16. The van der Waals surface area contributed by atoms with E-state index < -0.39 is 0 Å². The van der Waals surface area contributed by atoms with Crippen molar-refractivity contribution in [3.05, 3.63) is 35.7 Å². The minimum atomic E-state index is -0.0152. The van der Waals surface area contributed by atoms with Crippen molar-refractivity contribution in [2.75, 3.05) is 26.4 Å². The number of aryl methyl sites for hydroxylation is 1. The summed E-state index contributed by atoms with van der Waals surface area (Å²) in [4.78, 5) is 0. The highest BCUT2D eigenvalue weighted by Gasteiger charge is 2.24. The van der Waals surface area contributed by atoms with E-state index in [9.17, 15) is 0 Å². The number of nitrogens with zero attached hydrogens (tertiary/aromatic N) is 2. The summed E-state index contributed by atoms with van der Waals surface area (Å²) in [5, 5.41) is 4.38. The van der Waals surface area contributed by atoms with Crippen LogP contribution < -0.4 is 0 Å². The maximum atomic E-state index is 5.86. The van der Waals surface area contributed by atoms with E-state index in [2.05, 4.69) is 44.2 Å². The Morgan fingerprint density at radius 3 is 2.90 bits per heavy atom. The van der Waals surface area contributed by atoms with Gasteiger partial charge in [0, 0.05) is 17.5 Å². The molecule has 3 heterocycles. The minimum absolute atomic E-state index is 0.0152. The minimum Gasteiger partial charge on any atom is -0.381 e. The summed E-state index contributed by atoms with van der Waals surface area (Å²) < 4.78 is 13.0. The van der Waals surface area contributed by atoms with Crippen molar-refractivity contribution in [3.8, 4) is 0 Å². The number of hydrogen-bond acceptors (Lipinski definition) is 3. The first-order chi connectivity index (χ1) is 9.56. The molecule has 1 aliphatic heterocycles. The van der Waals surface area contributed by atoms with Crippen LogP contribution in [0.5, 0.6) is 0 Å². The van der Waals surface area contributed by atoms with E-state index in [-0.39, 0.29) is 5.41 Å². The van der Waals surface area contributed by atoms with Crippen LogP contribution in [-0.4, -0.2) is 36.0 Å². The number of ether oxygens (including phenoxy) is 2. The standard InChI is InChI=1S/C16H22N2O2/c1-12-6-17-18-7-14(4-5-15(12)18)16(2,3)11-20-10-13-8-19-9-13/h4-7,13H,8-11H2,1-3H3. The van der Waals surface area contributed by atoms with Crippen molar-refractivity contribution in [2.45, 2.75) is 26.2 Å². The van der Waals surface area contributed by atoms with E-state index in [1.54, 1.807) is 0 Å². The van der Waals surface area contributed by atoms with E-state index in [4.69, 9.17) is 9.47 Å². The Morgan fingerprint density at radius 1 is 1.40 bits per heavy atom. The zero-order valence-electron chi connectivity index (χ0n) is 12.4. The van der Waals surface area contributed by atoms with Crippen molar-refractivity contribution >= 4 is 5.52 Å². The summed E-state index contributed by atoms with van der Waals surface area (Å²) in [6, 6.07) is 4.32. The number of hydrogen-bond donors (Lipinski definition) is 0. The second-order valence-electron chi connectivity index (χ2n) is 6.38. The van der Waals surface area contributed by atoms with Gasteiger partial charge in [-0.15, -0.1) is 0 Å². The van der Waals surface area contributed by atoms with Gasteiger partial charge in [0.15, 0.2) is 0 Å². The SMILES string of the molecule is Cc1cnn2cc(C(C)(C)COCC3COC3)ccc12. The van der Waals surface area contributed by atoms with Crippen LogP contribution >= 0.6 is 0 Å². The topological polar surface area (TPSA) is 35.8 Å². The summed E-state index contributed by atoms with van der Waals surface area (Å²) in [6.45, 7) is 9.71. The van der Waals surface area contributed by atoms with Gasteiger partial charge < -0.3 is 9.47 Å².